The molecule has 2 amide bonds. The smallest absolute Gasteiger partial charge is 0.416 e. The quantitative estimate of drug-likeness (QED) is 0.619. The summed E-state index contributed by atoms with van der Waals surface area (Å²) in [6, 6.07) is 6.11. The standard InChI is InChI=1S/C18H16F4N2O4/c19-13-7-11(17(27)24-14(8-25)16(23)26)3-6-15(13)28-9-10-1-4-12(5-2-10)18(20,21)22/h1-7,14,25H,8-9H2,(H2,23,26)(H,24,27)/t14-/m0/s1. The van der Waals surface area contributed by atoms with E-state index in [-0.39, 0.29) is 17.9 Å². The molecule has 0 radical (unpaired) electrons. The minimum absolute atomic E-state index is 0.140. The number of amides is 2. The molecule has 4 N–H and O–H groups in total. The van der Waals surface area contributed by atoms with Crippen LogP contribution in [0, 0.1) is 5.82 Å². The van der Waals surface area contributed by atoms with Gasteiger partial charge < -0.3 is 20.9 Å². The Bertz CT molecular complexity index is 854. The van der Waals surface area contributed by atoms with Gasteiger partial charge in [0.25, 0.3) is 5.91 Å². The third-order valence-electron chi connectivity index (χ3n) is 3.70. The lowest BCUT2D eigenvalue weighted by molar-refractivity contribution is -0.137. The zero-order chi connectivity index (χ0) is 20.9. The van der Waals surface area contributed by atoms with E-state index in [0.717, 1.165) is 24.3 Å². The summed E-state index contributed by atoms with van der Waals surface area (Å²) in [4.78, 5) is 23.0. The minimum Gasteiger partial charge on any atom is -0.486 e. The normalized spacial score (nSPS) is 12.3. The van der Waals surface area contributed by atoms with Crippen LogP contribution in [0.15, 0.2) is 42.5 Å². The fourth-order valence-electron chi connectivity index (χ4n) is 2.16. The lowest BCUT2D eigenvalue weighted by atomic mass is 10.1. The number of aliphatic hydroxyl groups is 1. The van der Waals surface area contributed by atoms with E-state index in [9.17, 15) is 27.2 Å². The van der Waals surface area contributed by atoms with Crippen LogP contribution in [-0.2, 0) is 17.6 Å². The van der Waals surface area contributed by atoms with E-state index in [0.29, 0.717) is 5.56 Å². The molecule has 28 heavy (non-hydrogen) atoms. The molecular weight excluding hydrogens is 384 g/mol. The van der Waals surface area contributed by atoms with Gasteiger partial charge in [0.1, 0.15) is 12.6 Å². The highest BCUT2D eigenvalue weighted by molar-refractivity contribution is 5.97. The molecule has 0 aromatic heterocycles. The van der Waals surface area contributed by atoms with Crippen molar-refractivity contribution in [3.8, 4) is 5.75 Å². The molecule has 0 aliphatic heterocycles. The predicted molar refractivity (Wildman–Crippen MR) is 89.7 cm³/mol. The van der Waals surface area contributed by atoms with Gasteiger partial charge >= 0.3 is 6.18 Å². The summed E-state index contributed by atoms with van der Waals surface area (Å²) in [7, 11) is 0. The maximum absolute atomic E-state index is 14.1. The summed E-state index contributed by atoms with van der Waals surface area (Å²) in [5, 5.41) is 11.1. The fourth-order valence-corrected chi connectivity index (χ4v) is 2.16. The number of alkyl halides is 3. The Morgan fingerprint density at radius 2 is 1.79 bits per heavy atom. The second kappa shape index (κ2) is 8.70. The highest BCUT2D eigenvalue weighted by Crippen LogP contribution is 2.29. The van der Waals surface area contributed by atoms with Crippen LogP contribution in [0.1, 0.15) is 21.5 Å². The van der Waals surface area contributed by atoms with Crippen molar-refractivity contribution in [2.75, 3.05) is 6.61 Å². The van der Waals surface area contributed by atoms with E-state index in [1.807, 2.05) is 0 Å². The molecule has 2 aromatic rings. The van der Waals surface area contributed by atoms with Crippen molar-refractivity contribution in [2.24, 2.45) is 5.73 Å². The molecule has 0 fully saturated rings. The van der Waals surface area contributed by atoms with Crippen LogP contribution in [0.4, 0.5) is 17.6 Å². The molecular formula is C18H16F4N2O4. The van der Waals surface area contributed by atoms with Crippen LogP contribution in [0.2, 0.25) is 0 Å². The SMILES string of the molecule is NC(=O)[C@H](CO)NC(=O)c1ccc(OCc2ccc(C(F)(F)F)cc2)c(F)c1. The number of rotatable bonds is 7. The maximum atomic E-state index is 14.1. The van der Waals surface area contributed by atoms with E-state index in [1.165, 1.54) is 18.2 Å². The monoisotopic (exact) mass is 400 g/mol. The lowest BCUT2D eigenvalue weighted by Gasteiger charge is -2.13. The third kappa shape index (κ3) is 5.43. The average molecular weight is 400 g/mol. The van der Waals surface area contributed by atoms with Gasteiger partial charge in [-0.15, -0.1) is 0 Å². The number of nitrogens with one attached hydrogen (secondary N) is 1. The van der Waals surface area contributed by atoms with E-state index in [1.54, 1.807) is 0 Å². The van der Waals surface area contributed by atoms with E-state index >= 15 is 0 Å². The summed E-state index contributed by atoms with van der Waals surface area (Å²) in [5.74, 6) is -2.89. The van der Waals surface area contributed by atoms with Crippen molar-refractivity contribution in [3.63, 3.8) is 0 Å². The third-order valence-corrected chi connectivity index (χ3v) is 3.70. The van der Waals surface area contributed by atoms with Crippen LogP contribution in [0.25, 0.3) is 0 Å². The summed E-state index contributed by atoms with van der Waals surface area (Å²) < 4.78 is 56.9. The van der Waals surface area contributed by atoms with Crippen LogP contribution >= 0.6 is 0 Å². The molecule has 0 unspecified atom stereocenters. The number of halogens is 4. The number of nitrogens with two attached hydrogens (primary N) is 1. The van der Waals surface area contributed by atoms with Crippen LogP contribution in [0.5, 0.6) is 5.75 Å². The number of ether oxygens (including phenoxy) is 1. The van der Waals surface area contributed by atoms with Gasteiger partial charge in [0.15, 0.2) is 11.6 Å². The largest absolute Gasteiger partial charge is 0.486 e. The van der Waals surface area contributed by atoms with Gasteiger partial charge in [0.05, 0.1) is 12.2 Å². The molecule has 0 bridgehead atoms. The number of carbonyl (C=O) groups excluding carboxylic acids is 2. The van der Waals surface area contributed by atoms with Crippen molar-refractivity contribution < 1.29 is 37.0 Å². The minimum atomic E-state index is -4.45. The number of hydrogen-bond donors (Lipinski definition) is 3. The molecule has 6 nitrogen and oxygen atoms in total. The van der Waals surface area contributed by atoms with Gasteiger partial charge in [-0.1, -0.05) is 12.1 Å². The van der Waals surface area contributed by atoms with Crippen molar-refractivity contribution >= 4 is 11.8 Å². The van der Waals surface area contributed by atoms with Gasteiger partial charge in [-0.3, -0.25) is 9.59 Å². The first-order chi connectivity index (χ1) is 13.1. The number of benzene rings is 2. The predicted octanol–water partition coefficient (Wildman–Crippen LogP) is 2.00. The topological polar surface area (TPSA) is 102 Å². The molecule has 150 valence electrons. The van der Waals surface area contributed by atoms with Gasteiger partial charge in [0.2, 0.25) is 5.91 Å². The maximum Gasteiger partial charge on any atom is 0.416 e. The first-order valence-corrected chi connectivity index (χ1v) is 7.91. The first kappa shape index (κ1) is 21.2. The molecule has 1 atom stereocenters. The Kier molecular flexibility index (Phi) is 6.57. The molecule has 2 rings (SSSR count). The molecule has 0 saturated carbocycles. The van der Waals surface area contributed by atoms with E-state index < -0.39 is 42.0 Å². The summed E-state index contributed by atoms with van der Waals surface area (Å²) >= 11 is 0. The average Bonchev–Trinajstić information content (AvgIpc) is 2.64. The molecule has 0 aliphatic carbocycles. The van der Waals surface area contributed by atoms with Gasteiger partial charge in [-0.2, -0.15) is 13.2 Å². The van der Waals surface area contributed by atoms with E-state index in [4.69, 9.17) is 15.6 Å². The molecule has 0 aliphatic rings. The summed E-state index contributed by atoms with van der Waals surface area (Å²) in [6.45, 7) is -0.896. The van der Waals surface area contributed by atoms with Crippen LogP contribution < -0.4 is 15.8 Å². The molecule has 0 heterocycles. The summed E-state index contributed by atoms with van der Waals surface area (Å²) in [6.07, 6.45) is -4.45. The summed E-state index contributed by atoms with van der Waals surface area (Å²) in [5.41, 5.74) is 4.43. The Morgan fingerprint density at radius 3 is 2.29 bits per heavy atom. The number of carbonyl (C=O) groups is 2. The highest BCUT2D eigenvalue weighted by Gasteiger charge is 2.29. The molecule has 2 aromatic carbocycles. The zero-order valence-corrected chi connectivity index (χ0v) is 14.3. The Morgan fingerprint density at radius 1 is 1.14 bits per heavy atom. The van der Waals surface area contributed by atoms with Crippen molar-refractivity contribution in [2.45, 2.75) is 18.8 Å². The van der Waals surface area contributed by atoms with Crippen LogP contribution in [-0.4, -0.2) is 29.6 Å². The second-order valence-corrected chi connectivity index (χ2v) is 5.74. The lowest BCUT2D eigenvalue weighted by Crippen LogP contribution is -2.46. The van der Waals surface area contributed by atoms with Crippen molar-refractivity contribution in [1.29, 1.82) is 0 Å². The first-order valence-electron chi connectivity index (χ1n) is 7.91. The number of hydrogen-bond acceptors (Lipinski definition) is 4. The molecule has 10 heteroatoms. The molecule has 0 saturated heterocycles. The fraction of sp³-hybridized carbons (Fsp3) is 0.222. The van der Waals surface area contributed by atoms with Gasteiger partial charge in [0, 0.05) is 5.56 Å². The molecule has 0 spiro atoms. The zero-order valence-electron chi connectivity index (χ0n) is 14.3. The van der Waals surface area contributed by atoms with Crippen molar-refractivity contribution in [1.82, 2.24) is 5.32 Å². The van der Waals surface area contributed by atoms with E-state index in [2.05, 4.69) is 5.32 Å². The Hall–Kier alpha value is -3.14. The number of aliphatic hydroxyl groups excluding tert-OH is 1. The Labute approximate surface area is 156 Å². The number of primary amides is 1. The van der Waals surface area contributed by atoms with Crippen molar-refractivity contribution in [3.05, 3.63) is 65.0 Å². The Balaban J connectivity index is 2.02. The highest BCUT2D eigenvalue weighted by atomic mass is 19.4. The van der Waals surface area contributed by atoms with Gasteiger partial charge in [-0.05, 0) is 35.9 Å². The van der Waals surface area contributed by atoms with Gasteiger partial charge in [-0.25, -0.2) is 4.39 Å². The second-order valence-electron chi connectivity index (χ2n) is 5.74. The van der Waals surface area contributed by atoms with Crippen LogP contribution in [0.3, 0.4) is 0 Å².